The maximum absolute atomic E-state index is 12.8. The van der Waals surface area contributed by atoms with Gasteiger partial charge in [0.25, 0.3) is 11.8 Å². The summed E-state index contributed by atoms with van der Waals surface area (Å²) in [5, 5.41) is 3.28. The average molecular weight is 426 g/mol. The molecule has 1 saturated heterocycles. The van der Waals surface area contributed by atoms with Crippen molar-refractivity contribution in [3.63, 3.8) is 0 Å². The van der Waals surface area contributed by atoms with Crippen LogP contribution in [0.4, 0.5) is 10.7 Å². The number of carbonyl (C=O) groups is 4. The Morgan fingerprint density at radius 1 is 1.10 bits per heavy atom. The van der Waals surface area contributed by atoms with E-state index in [1.807, 2.05) is 0 Å². The zero-order valence-electron chi connectivity index (χ0n) is 16.6. The van der Waals surface area contributed by atoms with Crippen molar-refractivity contribution in [2.75, 3.05) is 23.3 Å². The van der Waals surface area contributed by atoms with Crippen LogP contribution in [0.3, 0.4) is 0 Å². The summed E-state index contributed by atoms with van der Waals surface area (Å²) in [6, 6.07) is 6.26. The third-order valence-electron chi connectivity index (χ3n) is 5.50. The molecule has 156 valence electrons. The number of hydrogen-bond donors (Lipinski definition) is 2. The van der Waals surface area contributed by atoms with E-state index in [0.29, 0.717) is 21.8 Å². The molecule has 1 aromatic heterocycles. The highest BCUT2D eigenvalue weighted by molar-refractivity contribution is 7.17. The maximum Gasteiger partial charge on any atom is 0.256 e. The number of primary amides is 1. The van der Waals surface area contributed by atoms with Gasteiger partial charge in [-0.2, -0.15) is 0 Å². The topological polar surface area (TPSA) is 113 Å². The second-order valence-electron chi connectivity index (χ2n) is 7.31. The summed E-state index contributed by atoms with van der Waals surface area (Å²) in [6.45, 7) is 4.59. The number of fused-ring (bicyclic) bond motifs is 1. The van der Waals surface area contributed by atoms with Crippen LogP contribution in [0, 0.1) is 0 Å². The maximum atomic E-state index is 12.8. The molecule has 1 aromatic carbocycles. The van der Waals surface area contributed by atoms with Gasteiger partial charge in [0.15, 0.2) is 0 Å². The van der Waals surface area contributed by atoms with Gasteiger partial charge in [0.1, 0.15) is 5.00 Å². The molecule has 4 amide bonds. The lowest BCUT2D eigenvalue weighted by Crippen LogP contribution is -2.30. The Hall–Kier alpha value is -3.04. The van der Waals surface area contributed by atoms with Crippen molar-refractivity contribution in [2.24, 2.45) is 5.73 Å². The van der Waals surface area contributed by atoms with E-state index >= 15 is 0 Å². The number of hydrogen-bond acceptors (Lipinski definition) is 6. The number of imide groups is 1. The summed E-state index contributed by atoms with van der Waals surface area (Å²) in [5.74, 6) is -1.41. The van der Waals surface area contributed by atoms with E-state index in [4.69, 9.17) is 5.73 Å². The zero-order valence-corrected chi connectivity index (χ0v) is 17.4. The van der Waals surface area contributed by atoms with Crippen LogP contribution in [0.25, 0.3) is 0 Å². The number of nitrogens with one attached hydrogen (secondary N) is 1. The molecule has 2 aliphatic heterocycles. The number of nitrogens with two attached hydrogens (primary N) is 1. The van der Waals surface area contributed by atoms with Gasteiger partial charge in [0, 0.05) is 36.4 Å². The fraction of sp³-hybridized carbons (Fsp3) is 0.333. The van der Waals surface area contributed by atoms with E-state index in [-0.39, 0.29) is 30.6 Å². The quantitative estimate of drug-likeness (QED) is 0.711. The predicted octanol–water partition coefficient (Wildman–Crippen LogP) is 2.13. The van der Waals surface area contributed by atoms with E-state index in [2.05, 4.69) is 17.1 Å². The van der Waals surface area contributed by atoms with Crippen LogP contribution in [-0.2, 0) is 22.6 Å². The minimum Gasteiger partial charge on any atom is -0.365 e. The highest BCUT2D eigenvalue weighted by Crippen LogP contribution is 2.37. The number of thiophene rings is 1. The normalized spacial score (nSPS) is 16.6. The van der Waals surface area contributed by atoms with Gasteiger partial charge in [-0.25, -0.2) is 0 Å². The second kappa shape index (κ2) is 8.00. The summed E-state index contributed by atoms with van der Waals surface area (Å²) in [7, 11) is 0. The van der Waals surface area contributed by atoms with Crippen LogP contribution in [0.5, 0.6) is 0 Å². The Labute approximate surface area is 177 Å². The first-order chi connectivity index (χ1) is 14.4. The fourth-order valence-corrected chi connectivity index (χ4v) is 5.17. The minimum atomic E-state index is -0.547. The van der Waals surface area contributed by atoms with E-state index in [1.165, 1.54) is 11.3 Å². The van der Waals surface area contributed by atoms with Crippen molar-refractivity contribution < 1.29 is 19.2 Å². The molecule has 2 aromatic rings. The zero-order chi connectivity index (χ0) is 21.4. The second-order valence-corrected chi connectivity index (χ2v) is 8.42. The number of anilines is 2. The molecule has 2 aliphatic rings. The number of rotatable bonds is 5. The van der Waals surface area contributed by atoms with Crippen LogP contribution in [0.15, 0.2) is 24.3 Å². The molecule has 3 N–H and O–H groups in total. The largest absolute Gasteiger partial charge is 0.365 e. The first-order valence-electron chi connectivity index (χ1n) is 9.83. The Morgan fingerprint density at radius 3 is 2.37 bits per heavy atom. The summed E-state index contributed by atoms with van der Waals surface area (Å²) in [4.78, 5) is 53.0. The number of amides is 4. The Morgan fingerprint density at radius 2 is 1.77 bits per heavy atom. The minimum absolute atomic E-state index is 0.204. The first kappa shape index (κ1) is 20.2. The number of nitrogens with zero attached hydrogens (tertiary/aromatic N) is 2. The molecule has 4 rings (SSSR count). The van der Waals surface area contributed by atoms with Crippen molar-refractivity contribution in [2.45, 2.75) is 32.7 Å². The molecule has 0 atom stereocenters. The number of likely N-dealkylation sites (N-methyl/N-ethyl adjacent to an activating group) is 1. The van der Waals surface area contributed by atoms with Crippen molar-refractivity contribution in [1.82, 2.24) is 4.90 Å². The molecule has 0 bridgehead atoms. The molecule has 8 nitrogen and oxygen atoms in total. The highest BCUT2D eigenvalue weighted by atomic mass is 32.1. The van der Waals surface area contributed by atoms with Gasteiger partial charge >= 0.3 is 0 Å². The lowest BCUT2D eigenvalue weighted by Gasteiger charge is -2.25. The number of benzene rings is 1. The van der Waals surface area contributed by atoms with Crippen LogP contribution in [-0.4, -0.2) is 41.6 Å². The molecule has 9 heteroatoms. The smallest absolute Gasteiger partial charge is 0.256 e. The highest BCUT2D eigenvalue weighted by Gasteiger charge is 2.30. The van der Waals surface area contributed by atoms with Gasteiger partial charge in [0.2, 0.25) is 11.8 Å². The lowest BCUT2D eigenvalue weighted by molar-refractivity contribution is -0.121. The van der Waals surface area contributed by atoms with E-state index < -0.39 is 5.91 Å². The molecular formula is C21H22N4O4S. The molecule has 3 heterocycles. The van der Waals surface area contributed by atoms with E-state index in [9.17, 15) is 19.2 Å². The average Bonchev–Trinajstić information content (AvgIpc) is 3.26. The van der Waals surface area contributed by atoms with Gasteiger partial charge in [-0.1, -0.05) is 6.92 Å². The summed E-state index contributed by atoms with van der Waals surface area (Å²) >= 11 is 1.38. The molecule has 0 spiro atoms. The van der Waals surface area contributed by atoms with Crippen molar-refractivity contribution in [1.29, 1.82) is 0 Å². The number of carbonyl (C=O) groups excluding carboxylic acids is 4. The predicted molar refractivity (Wildman–Crippen MR) is 114 cm³/mol. The Kier molecular flexibility index (Phi) is 5.40. The van der Waals surface area contributed by atoms with Crippen LogP contribution in [0.1, 0.15) is 50.9 Å². The Balaban J connectivity index is 1.55. The van der Waals surface area contributed by atoms with Gasteiger partial charge in [-0.05, 0) is 42.8 Å². The third kappa shape index (κ3) is 3.61. The molecule has 0 saturated carbocycles. The summed E-state index contributed by atoms with van der Waals surface area (Å²) in [5.41, 5.74) is 7.73. The van der Waals surface area contributed by atoms with E-state index in [0.717, 1.165) is 41.4 Å². The van der Waals surface area contributed by atoms with Crippen molar-refractivity contribution in [3.05, 3.63) is 45.8 Å². The molecule has 30 heavy (non-hydrogen) atoms. The first-order valence-corrected chi connectivity index (χ1v) is 10.6. The molecule has 0 unspecified atom stereocenters. The molecule has 1 fully saturated rings. The molecule has 0 radical (unpaired) electrons. The van der Waals surface area contributed by atoms with E-state index in [1.54, 1.807) is 24.3 Å². The molecule has 0 aliphatic carbocycles. The van der Waals surface area contributed by atoms with Gasteiger partial charge < -0.3 is 11.1 Å². The van der Waals surface area contributed by atoms with Gasteiger partial charge in [0.05, 0.1) is 11.3 Å². The van der Waals surface area contributed by atoms with Crippen LogP contribution < -0.4 is 16.0 Å². The summed E-state index contributed by atoms with van der Waals surface area (Å²) < 4.78 is 0. The van der Waals surface area contributed by atoms with Crippen LogP contribution in [0.2, 0.25) is 0 Å². The Bertz CT molecular complexity index is 1030. The van der Waals surface area contributed by atoms with Gasteiger partial charge in [-0.3, -0.25) is 29.0 Å². The summed E-state index contributed by atoms with van der Waals surface area (Å²) in [6.07, 6.45) is 1.13. The van der Waals surface area contributed by atoms with Crippen molar-refractivity contribution in [3.8, 4) is 0 Å². The van der Waals surface area contributed by atoms with Crippen molar-refractivity contribution >= 4 is 45.7 Å². The van der Waals surface area contributed by atoms with Crippen LogP contribution >= 0.6 is 11.3 Å². The van der Waals surface area contributed by atoms with Gasteiger partial charge in [-0.15, -0.1) is 11.3 Å². The lowest BCUT2D eigenvalue weighted by atomic mass is 10.0. The molecular weight excluding hydrogens is 404 g/mol. The standard InChI is InChI=1S/C21H22N4O4S/c1-2-24-10-9-14-15(11-24)30-21(18(14)19(22)28)23-20(29)12-3-5-13(6-4-12)25-16(26)7-8-17(25)27/h3-6H,2,7-11H2,1H3,(H2,22,28)(H,23,29). The fourth-order valence-electron chi connectivity index (χ4n) is 3.88. The third-order valence-corrected chi connectivity index (χ3v) is 6.63. The SMILES string of the molecule is CCN1CCc2c(sc(NC(=O)c3ccc(N4C(=O)CCC4=O)cc3)c2C(N)=O)C1. The monoisotopic (exact) mass is 426 g/mol.